The van der Waals surface area contributed by atoms with Crippen LogP contribution in [0, 0.1) is 5.82 Å². The van der Waals surface area contributed by atoms with Gasteiger partial charge in [0.1, 0.15) is 11.5 Å². The molecule has 11 heteroatoms. The number of benzene rings is 2. The molecule has 0 aliphatic carbocycles. The summed E-state index contributed by atoms with van der Waals surface area (Å²) < 4.78 is 25.5. The summed E-state index contributed by atoms with van der Waals surface area (Å²) in [7, 11) is 1.61. The average molecular weight is 493 g/mol. The van der Waals surface area contributed by atoms with Gasteiger partial charge in [0.25, 0.3) is 5.91 Å². The number of aromatic amines is 2. The molecule has 2 aromatic heterocycles. The van der Waals surface area contributed by atoms with Gasteiger partial charge in [0, 0.05) is 30.5 Å². The van der Waals surface area contributed by atoms with Gasteiger partial charge in [-0.15, -0.1) is 0 Å². The number of hydrogen-bond donors (Lipinski definition) is 4. The van der Waals surface area contributed by atoms with Crippen molar-refractivity contribution in [3.05, 3.63) is 60.0 Å². The fourth-order valence-electron chi connectivity index (χ4n) is 4.35. The third kappa shape index (κ3) is 4.48. The molecule has 6 N–H and O–H groups in total. The molecule has 1 fully saturated rings. The molecule has 5 rings (SSSR count). The fourth-order valence-corrected chi connectivity index (χ4v) is 4.35. The Morgan fingerprint density at radius 1 is 1.28 bits per heavy atom. The van der Waals surface area contributed by atoms with E-state index in [9.17, 15) is 9.18 Å². The lowest BCUT2D eigenvalue weighted by molar-refractivity contribution is -0.333. The van der Waals surface area contributed by atoms with Crippen molar-refractivity contribution in [2.45, 2.75) is 13.0 Å². The van der Waals surface area contributed by atoms with E-state index in [2.05, 4.69) is 37.4 Å². The van der Waals surface area contributed by atoms with E-state index in [-0.39, 0.29) is 17.3 Å². The molecule has 0 radical (unpaired) electrons. The molecule has 1 atom stereocenters. The monoisotopic (exact) mass is 492 g/mol. The number of methoxy groups -OCH3 is 1. The molecule has 0 spiro atoms. The molecule has 36 heavy (non-hydrogen) atoms. The van der Waals surface area contributed by atoms with Crippen molar-refractivity contribution >= 4 is 45.8 Å². The summed E-state index contributed by atoms with van der Waals surface area (Å²) in [6.45, 7) is 4.29. The molecule has 1 amide bonds. The summed E-state index contributed by atoms with van der Waals surface area (Å²) in [6, 6.07) is 12.2. The van der Waals surface area contributed by atoms with Crippen LogP contribution in [0.15, 0.2) is 48.7 Å². The topological polar surface area (TPSA) is 132 Å². The second-order valence-electron chi connectivity index (χ2n) is 8.48. The number of amides is 1. The Morgan fingerprint density at radius 2 is 2.14 bits per heavy atom. The summed E-state index contributed by atoms with van der Waals surface area (Å²) in [4.78, 5) is 25.1. The van der Waals surface area contributed by atoms with E-state index in [4.69, 9.17) is 15.2 Å². The Balaban J connectivity index is 1.48. The van der Waals surface area contributed by atoms with Gasteiger partial charge in [-0.25, -0.2) is 9.37 Å². The maximum atomic E-state index is 14.3. The second kappa shape index (κ2) is 9.70. The number of aromatic nitrogens is 3. The van der Waals surface area contributed by atoms with Gasteiger partial charge >= 0.3 is 5.95 Å². The molecule has 1 saturated heterocycles. The van der Waals surface area contributed by atoms with Crippen LogP contribution in [-0.4, -0.2) is 48.8 Å². The molecule has 1 aliphatic heterocycles. The lowest BCUT2D eigenvalue weighted by Gasteiger charge is -2.35. The van der Waals surface area contributed by atoms with Crippen LogP contribution in [0.3, 0.4) is 0 Å². The standard InChI is InChI=1S/C25H26FN7O3/c1-14-13-36-11-10-33(14)15-6-7-18(20(12-15)35-2)30-25-31-23-16(8-9-28-23)24(32-25)29-19-5-3-4-17(26)21(19)22(27)34/h3-9,12,14H,10-11,13H2,1-2H3,(H2,27,34)(H3,28,29,30,31,32)/p+1/t14-/m0/s1. The van der Waals surface area contributed by atoms with E-state index in [0.29, 0.717) is 47.5 Å². The number of nitrogens with zero attached hydrogens (tertiary/aromatic N) is 2. The van der Waals surface area contributed by atoms with Crippen molar-refractivity contribution < 1.29 is 23.6 Å². The summed E-state index contributed by atoms with van der Waals surface area (Å²) in [5.74, 6) is -0.142. The Labute approximate surface area is 206 Å². The first-order valence-corrected chi connectivity index (χ1v) is 11.5. The first-order chi connectivity index (χ1) is 17.4. The van der Waals surface area contributed by atoms with Crippen molar-refractivity contribution in [2.75, 3.05) is 42.4 Å². The summed E-state index contributed by atoms with van der Waals surface area (Å²) in [5.41, 5.74) is 7.81. The zero-order chi connectivity index (χ0) is 25.2. The highest BCUT2D eigenvalue weighted by Crippen LogP contribution is 2.33. The molecule has 186 valence electrons. The Hall–Kier alpha value is -4.38. The number of anilines is 5. The number of rotatable bonds is 7. The molecule has 4 aromatic rings. The Kier molecular flexibility index (Phi) is 6.30. The van der Waals surface area contributed by atoms with Gasteiger partial charge < -0.3 is 25.4 Å². The normalized spacial score (nSPS) is 15.6. The number of hydrogen-bond acceptors (Lipinski definition) is 7. The highest BCUT2D eigenvalue weighted by atomic mass is 19.1. The van der Waals surface area contributed by atoms with Crippen molar-refractivity contribution in [3.63, 3.8) is 0 Å². The lowest BCUT2D eigenvalue weighted by Crippen LogP contribution is -2.43. The molecule has 10 nitrogen and oxygen atoms in total. The van der Waals surface area contributed by atoms with Crippen LogP contribution >= 0.6 is 0 Å². The summed E-state index contributed by atoms with van der Waals surface area (Å²) in [5, 5.41) is 7.03. The predicted octanol–water partition coefficient (Wildman–Crippen LogP) is 3.34. The molecule has 1 aliphatic rings. The van der Waals surface area contributed by atoms with Gasteiger partial charge in [-0.1, -0.05) is 11.1 Å². The number of halogens is 1. The minimum atomic E-state index is -0.874. The van der Waals surface area contributed by atoms with Crippen LogP contribution < -0.4 is 31.0 Å². The number of ether oxygens (including phenoxy) is 2. The van der Waals surface area contributed by atoms with Crippen LogP contribution in [0.4, 0.5) is 33.2 Å². The lowest BCUT2D eigenvalue weighted by atomic mass is 10.1. The van der Waals surface area contributed by atoms with Crippen molar-refractivity contribution in [3.8, 4) is 5.75 Å². The van der Waals surface area contributed by atoms with E-state index in [1.54, 1.807) is 19.4 Å². The quantitative estimate of drug-likeness (QED) is 0.311. The molecule has 3 heterocycles. The maximum absolute atomic E-state index is 14.3. The number of carbonyl (C=O) groups is 1. The first kappa shape index (κ1) is 23.4. The highest BCUT2D eigenvalue weighted by Gasteiger charge is 2.22. The third-order valence-electron chi connectivity index (χ3n) is 6.12. The van der Waals surface area contributed by atoms with E-state index in [0.717, 1.165) is 12.2 Å². The van der Waals surface area contributed by atoms with Crippen molar-refractivity contribution in [1.29, 1.82) is 0 Å². The average Bonchev–Trinajstić information content (AvgIpc) is 3.33. The zero-order valence-corrected chi connectivity index (χ0v) is 19.9. The number of morpholine rings is 1. The number of nitrogens with one attached hydrogen (secondary N) is 4. The van der Waals surface area contributed by atoms with Gasteiger partial charge in [0.2, 0.25) is 11.5 Å². The van der Waals surface area contributed by atoms with Gasteiger partial charge in [-0.3, -0.25) is 15.1 Å². The number of primary amides is 1. The van der Waals surface area contributed by atoms with Crippen molar-refractivity contribution in [2.24, 2.45) is 5.73 Å². The van der Waals surface area contributed by atoms with Crippen molar-refractivity contribution in [1.82, 2.24) is 9.97 Å². The second-order valence-corrected chi connectivity index (χ2v) is 8.48. The van der Waals surface area contributed by atoms with Gasteiger partial charge in [-0.05, 0) is 37.3 Å². The van der Waals surface area contributed by atoms with Gasteiger partial charge in [0.15, 0.2) is 5.75 Å². The highest BCUT2D eigenvalue weighted by molar-refractivity contribution is 6.00. The molecular weight excluding hydrogens is 465 g/mol. The van der Waals surface area contributed by atoms with E-state index in [1.807, 2.05) is 24.3 Å². The Bertz CT molecular complexity index is 1420. The minimum absolute atomic E-state index is 0.219. The van der Waals surface area contributed by atoms with Crippen LogP contribution in [0.1, 0.15) is 17.3 Å². The number of H-pyrrole nitrogens is 2. The van der Waals surface area contributed by atoms with Crippen LogP contribution in [0.25, 0.3) is 11.0 Å². The van der Waals surface area contributed by atoms with Crippen LogP contribution in [-0.2, 0) is 4.74 Å². The van der Waals surface area contributed by atoms with Gasteiger partial charge in [-0.2, -0.15) is 0 Å². The number of fused-ring (bicyclic) bond motifs is 1. The fraction of sp³-hybridized carbons (Fsp3) is 0.240. The predicted molar refractivity (Wildman–Crippen MR) is 135 cm³/mol. The summed E-state index contributed by atoms with van der Waals surface area (Å²) in [6.07, 6.45) is 1.75. The van der Waals surface area contributed by atoms with Crippen LogP contribution in [0.2, 0.25) is 0 Å². The molecule has 0 bridgehead atoms. The van der Waals surface area contributed by atoms with E-state index in [1.165, 1.54) is 12.1 Å². The Morgan fingerprint density at radius 3 is 2.92 bits per heavy atom. The largest absolute Gasteiger partial charge is 0.493 e. The third-order valence-corrected chi connectivity index (χ3v) is 6.12. The smallest absolute Gasteiger partial charge is 0.351 e. The zero-order valence-electron chi connectivity index (χ0n) is 19.9. The first-order valence-electron chi connectivity index (χ1n) is 11.5. The molecule has 0 unspecified atom stereocenters. The van der Waals surface area contributed by atoms with E-state index < -0.39 is 11.7 Å². The minimum Gasteiger partial charge on any atom is -0.493 e. The SMILES string of the molecule is COc1cc(N2CCOC[C@@H]2C)ccc1Nc1nc(Nc2cccc(F)c2C(N)=O)c2cc[nH]c2[nH+]1. The maximum Gasteiger partial charge on any atom is 0.351 e. The number of nitrogens with two attached hydrogens (primary N) is 1. The molecular formula is C25H27FN7O3+. The molecule has 2 aromatic carbocycles. The van der Waals surface area contributed by atoms with Crippen LogP contribution in [0.5, 0.6) is 5.75 Å². The molecule has 0 saturated carbocycles. The summed E-state index contributed by atoms with van der Waals surface area (Å²) >= 11 is 0. The van der Waals surface area contributed by atoms with Gasteiger partial charge in [0.05, 0.1) is 37.0 Å². The van der Waals surface area contributed by atoms with E-state index >= 15 is 0 Å². The number of carbonyl (C=O) groups excluding carboxylic acids is 1.